The summed E-state index contributed by atoms with van der Waals surface area (Å²) in [5.74, 6) is 1.30. The molecule has 1 aliphatic rings. The first-order valence-electron chi connectivity index (χ1n) is 12.2. The van der Waals surface area contributed by atoms with Crippen molar-refractivity contribution in [3.63, 3.8) is 0 Å². The average molecular weight is 507 g/mol. The van der Waals surface area contributed by atoms with Gasteiger partial charge in [-0.15, -0.1) is 0 Å². The highest BCUT2D eigenvalue weighted by atomic mass is 35.5. The van der Waals surface area contributed by atoms with E-state index in [1.807, 2.05) is 54.6 Å². The first-order chi connectivity index (χ1) is 17.5. The van der Waals surface area contributed by atoms with E-state index in [2.05, 4.69) is 15.6 Å². The first-order valence-corrected chi connectivity index (χ1v) is 12.6. The Morgan fingerprint density at radius 3 is 2.47 bits per heavy atom. The first kappa shape index (κ1) is 25.7. The van der Waals surface area contributed by atoms with Crippen molar-refractivity contribution >= 4 is 29.1 Å². The summed E-state index contributed by atoms with van der Waals surface area (Å²) in [5, 5.41) is 6.13. The summed E-state index contributed by atoms with van der Waals surface area (Å²) < 4.78 is 5.95. The molecule has 1 aliphatic carbocycles. The molecule has 0 saturated heterocycles. The van der Waals surface area contributed by atoms with Crippen LogP contribution in [0.2, 0.25) is 5.15 Å². The van der Waals surface area contributed by atoms with Gasteiger partial charge in [0.2, 0.25) is 11.8 Å². The number of pyridine rings is 1. The van der Waals surface area contributed by atoms with Gasteiger partial charge in [0.25, 0.3) is 0 Å². The van der Waals surface area contributed by atoms with Gasteiger partial charge >= 0.3 is 0 Å². The molecule has 1 aromatic heterocycles. The molecule has 1 unspecified atom stereocenters. The fraction of sp³-hybridized carbons (Fsp3) is 0.321. The Kier molecular flexibility index (Phi) is 8.92. The molecule has 36 heavy (non-hydrogen) atoms. The molecule has 0 radical (unpaired) electrons. The number of nitrogens with two attached hydrogens (primary N) is 1. The molecule has 188 valence electrons. The Morgan fingerprint density at radius 2 is 1.75 bits per heavy atom. The number of nitrogens with zero attached hydrogens (tertiary/aromatic N) is 1. The molecule has 2 aromatic carbocycles. The zero-order valence-corrected chi connectivity index (χ0v) is 20.8. The van der Waals surface area contributed by atoms with Crippen LogP contribution in [0.3, 0.4) is 0 Å². The molecule has 1 heterocycles. The van der Waals surface area contributed by atoms with E-state index in [9.17, 15) is 9.59 Å². The third-order valence-corrected chi connectivity index (χ3v) is 6.70. The number of carbonyl (C=O) groups excluding carboxylic acids is 2. The number of rotatable bonds is 9. The maximum atomic E-state index is 13.3. The number of anilines is 1. The van der Waals surface area contributed by atoms with Crippen LogP contribution in [0.5, 0.6) is 11.5 Å². The van der Waals surface area contributed by atoms with Crippen LogP contribution in [0, 0.1) is 11.8 Å². The minimum absolute atomic E-state index is 0.102. The largest absolute Gasteiger partial charge is 0.457 e. The minimum atomic E-state index is -0.774. The molecule has 4 N–H and O–H groups in total. The Hall–Kier alpha value is -3.42. The molecule has 0 bridgehead atoms. The van der Waals surface area contributed by atoms with Crippen LogP contribution >= 0.6 is 11.6 Å². The highest BCUT2D eigenvalue weighted by Crippen LogP contribution is 2.28. The molecule has 1 fully saturated rings. The van der Waals surface area contributed by atoms with Crippen molar-refractivity contribution in [3.8, 4) is 11.5 Å². The van der Waals surface area contributed by atoms with Crippen molar-refractivity contribution in [3.05, 3.63) is 83.6 Å². The van der Waals surface area contributed by atoms with Gasteiger partial charge in [0.15, 0.2) is 0 Å². The average Bonchev–Trinajstić information content (AvgIpc) is 2.89. The quantitative estimate of drug-likeness (QED) is 0.356. The van der Waals surface area contributed by atoms with Crippen molar-refractivity contribution in [2.75, 3.05) is 11.9 Å². The van der Waals surface area contributed by atoms with Crippen LogP contribution in [-0.2, 0) is 16.0 Å². The normalized spacial score (nSPS) is 18.2. The lowest BCUT2D eigenvalue weighted by Crippen LogP contribution is -2.48. The summed E-state index contributed by atoms with van der Waals surface area (Å²) >= 11 is 5.98. The predicted molar refractivity (Wildman–Crippen MR) is 141 cm³/mol. The fourth-order valence-electron chi connectivity index (χ4n) is 4.47. The lowest BCUT2D eigenvalue weighted by atomic mass is 9.81. The number of hydrogen-bond donors (Lipinski definition) is 3. The zero-order chi connectivity index (χ0) is 25.3. The summed E-state index contributed by atoms with van der Waals surface area (Å²) in [5.41, 5.74) is 7.18. The minimum Gasteiger partial charge on any atom is -0.457 e. The molecule has 8 heteroatoms. The van der Waals surface area contributed by atoms with Crippen LogP contribution in [0.25, 0.3) is 0 Å². The third-order valence-electron chi connectivity index (χ3n) is 6.50. The summed E-state index contributed by atoms with van der Waals surface area (Å²) in [6.45, 7) is 0.648. The molecule has 1 saturated carbocycles. The van der Waals surface area contributed by atoms with E-state index >= 15 is 0 Å². The Balaban J connectivity index is 1.48. The van der Waals surface area contributed by atoms with E-state index in [-0.39, 0.29) is 22.9 Å². The lowest BCUT2D eigenvalue weighted by molar-refractivity contribution is -0.130. The summed E-state index contributed by atoms with van der Waals surface area (Å²) in [6.07, 6.45) is 5.25. The molecule has 4 rings (SSSR count). The molecule has 0 spiro atoms. The van der Waals surface area contributed by atoms with Crippen LogP contribution in [0.4, 0.5) is 5.69 Å². The van der Waals surface area contributed by atoms with E-state index in [1.165, 1.54) is 6.20 Å². The predicted octanol–water partition coefficient (Wildman–Crippen LogP) is 4.96. The fourth-order valence-corrected chi connectivity index (χ4v) is 4.64. The highest BCUT2D eigenvalue weighted by molar-refractivity contribution is 6.29. The number of aromatic nitrogens is 1. The Bertz CT molecular complexity index is 1170. The number of carbonyl (C=O) groups is 2. The highest BCUT2D eigenvalue weighted by Gasteiger charge is 2.29. The monoisotopic (exact) mass is 506 g/mol. The summed E-state index contributed by atoms with van der Waals surface area (Å²) in [4.78, 5) is 30.4. The molecule has 1 atom stereocenters. The van der Waals surface area contributed by atoms with Gasteiger partial charge in [-0.2, -0.15) is 0 Å². The van der Waals surface area contributed by atoms with Crippen molar-refractivity contribution in [2.45, 2.75) is 38.1 Å². The number of para-hydroxylation sites is 1. The molecular weight excluding hydrogens is 476 g/mol. The van der Waals surface area contributed by atoms with Crippen LogP contribution < -0.4 is 21.1 Å². The standard InChI is InChI=1S/C28H31ClN4O3/c29-26-17-22(13-14-31-26)32-28(35)25(33-27(34)21-11-9-19(18-30)10-12-21)16-20-5-4-8-24(15-20)36-23-6-2-1-3-7-23/h1-8,13-15,17,19,21,25H,9-12,16,18,30H2,(H,33,34)(H,31,32,35)/t19-,21-,25?. The number of nitrogens with one attached hydrogen (secondary N) is 2. The number of benzene rings is 2. The third kappa shape index (κ3) is 7.29. The van der Waals surface area contributed by atoms with Crippen LogP contribution in [0.1, 0.15) is 31.2 Å². The van der Waals surface area contributed by atoms with Crippen LogP contribution in [-0.4, -0.2) is 29.4 Å². The smallest absolute Gasteiger partial charge is 0.247 e. The van der Waals surface area contributed by atoms with Gasteiger partial charge in [0.05, 0.1) is 0 Å². The molecule has 0 aliphatic heterocycles. The van der Waals surface area contributed by atoms with Crippen molar-refractivity contribution in [1.29, 1.82) is 0 Å². The van der Waals surface area contributed by atoms with Gasteiger partial charge in [-0.1, -0.05) is 41.9 Å². The van der Waals surface area contributed by atoms with Gasteiger partial charge in [-0.3, -0.25) is 9.59 Å². The van der Waals surface area contributed by atoms with E-state index in [1.54, 1.807) is 12.1 Å². The van der Waals surface area contributed by atoms with Gasteiger partial charge in [-0.25, -0.2) is 4.98 Å². The summed E-state index contributed by atoms with van der Waals surface area (Å²) in [7, 11) is 0. The second kappa shape index (κ2) is 12.5. The second-order valence-electron chi connectivity index (χ2n) is 9.14. The van der Waals surface area contributed by atoms with Crippen LogP contribution in [0.15, 0.2) is 72.9 Å². The van der Waals surface area contributed by atoms with Gasteiger partial charge in [0.1, 0.15) is 22.7 Å². The lowest BCUT2D eigenvalue weighted by Gasteiger charge is -2.28. The molecule has 2 amide bonds. The van der Waals surface area contributed by atoms with Crippen molar-refractivity contribution < 1.29 is 14.3 Å². The van der Waals surface area contributed by atoms with E-state index in [0.717, 1.165) is 37.0 Å². The maximum Gasteiger partial charge on any atom is 0.247 e. The zero-order valence-electron chi connectivity index (χ0n) is 20.0. The van der Waals surface area contributed by atoms with Gasteiger partial charge < -0.3 is 21.1 Å². The number of halogens is 1. The molecule has 3 aromatic rings. The van der Waals surface area contributed by atoms with E-state index in [0.29, 0.717) is 30.3 Å². The van der Waals surface area contributed by atoms with E-state index < -0.39 is 6.04 Å². The number of ether oxygens (including phenoxy) is 1. The SMILES string of the molecule is NC[C@H]1CC[C@H](C(=O)NC(Cc2cccc(Oc3ccccc3)c2)C(=O)Nc2ccnc(Cl)c2)CC1. The molecular formula is C28H31ClN4O3. The van der Waals surface area contributed by atoms with Crippen molar-refractivity contribution in [1.82, 2.24) is 10.3 Å². The Labute approximate surface area is 216 Å². The number of hydrogen-bond acceptors (Lipinski definition) is 5. The summed E-state index contributed by atoms with van der Waals surface area (Å²) in [6, 6.07) is 19.5. The second-order valence-corrected chi connectivity index (χ2v) is 9.52. The molecule has 7 nitrogen and oxygen atoms in total. The van der Waals surface area contributed by atoms with E-state index in [4.69, 9.17) is 22.1 Å². The Morgan fingerprint density at radius 1 is 1.00 bits per heavy atom. The van der Waals surface area contributed by atoms with Gasteiger partial charge in [0, 0.05) is 24.2 Å². The topological polar surface area (TPSA) is 106 Å². The number of amides is 2. The van der Waals surface area contributed by atoms with Crippen molar-refractivity contribution in [2.24, 2.45) is 17.6 Å². The van der Waals surface area contributed by atoms with Gasteiger partial charge in [-0.05, 0) is 80.1 Å². The maximum absolute atomic E-state index is 13.3.